The van der Waals surface area contributed by atoms with E-state index in [1.165, 1.54) is 33.8 Å². The Balaban J connectivity index is 1.47. The summed E-state index contributed by atoms with van der Waals surface area (Å²) in [4.78, 5) is 28.2. The van der Waals surface area contributed by atoms with Gasteiger partial charge in [0.1, 0.15) is 12.1 Å². The molecule has 1 saturated carbocycles. The predicted molar refractivity (Wildman–Crippen MR) is 90.4 cm³/mol. The number of carbonyl (C=O) groups is 2. The molecule has 1 spiro atoms. The van der Waals surface area contributed by atoms with Crippen LogP contribution in [0.4, 0.5) is 4.79 Å². The zero-order chi connectivity index (χ0) is 16.6. The molecule has 128 valence electrons. The Morgan fingerprint density at radius 2 is 1.75 bits per heavy atom. The van der Waals surface area contributed by atoms with Crippen molar-refractivity contribution in [1.82, 2.24) is 10.2 Å². The van der Waals surface area contributed by atoms with Gasteiger partial charge in [0.05, 0.1) is 6.54 Å². The first kappa shape index (κ1) is 15.6. The Kier molecular flexibility index (Phi) is 4.04. The third-order valence-corrected chi connectivity index (χ3v) is 5.89. The number of fused-ring (bicyclic) bond motifs is 1. The SMILES string of the molecule is O=C1NC2(CCCCCC2)C(=O)N1C[NH+]1CCc2ccccc2C1. The van der Waals surface area contributed by atoms with Gasteiger partial charge in [-0.1, -0.05) is 49.9 Å². The van der Waals surface area contributed by atoms with Crippen LogP contribution in [0, 0.1) is 0 Å². The average Bonchev–Trinajstić information content (AvgIpc) is 2.76. The van der Waals surface area contributed by atoms with Crippen molar-refractivity contribution < 1.29 is 14.5 Å². The molecule has 1 atom stereocenters. The second kappa shape index (κ2) is 6.20. The summed E-state index contributed by atoms with van der Waals surface area (Å²) in [6.07, 6.45) is 7.00. The minimum absolute atomic E-state index is 0.0146. The molecule has 1 unspecified atom stereocenters. The molecular weight excluding hydrogens is 302 g/mol. The molecule has 1 saturated heterocycles. The van der Waals surface area contributed by atoms with Gasteiger partial charge in [-0.25, -0.2) is 9.69 Å². The van der Waals surface area contributed by atoms with Crippen LogP contribution in [-0.4, -0.2) is 35.6 Å². The van der Waals surface area contributed by atoms with Crippen LogP contribution in [0.1, 0.15) is 49.7 Å². The molecule has 3 amide bonds. The summed E-state index contributed by atoms with van der Waals surface area (Å²) in [5, 5.41) is 3.04. The van der Waals surface area contributed by atoms with Crippen molar-refractivity contribution in [3.8, 4) is 0 Å². The molecule has 2 aliphatic heterocycles. The summed E-state index contributed by atoms with van der Waals surface area (Å²) in [6.45, 7) is 2.35. The van der Waals surface area contributed by atoms with Crippen LogP contribution in [0.15, 0.2) is 24.3 Å². The summed E-state index contributed by atoms with van der Waals surface area (Å²) >= 11 is 0. The standard InChI is InChI=1S/C19H25N3O2/c23-17-19(10-5-1-2-6-11-19)20-18(24)22(17)14-21-12-9-15-7-3-4-8-16(15)13-21/h3-4,7-8H,1-2,5-6,9-14H2,(H,20,24)/p+1. The van der Waals surface area contributed by atoms with Gasteiger partial charge >= 0.3 is 6.03 Å². The monoisotopic (exact) mass is 328 g/mol. The van der Waals surface area contributed by atoms with Gasteiger partial charge in [-0.15, -0.1) is 0 Å². The number of imide groups is 1. The molecule has 24 heavy (non-hydrogen) atoms. The molecule has 1 aromatic carbocycles. The van der Waals surface area contributed by atoms with E-state index in [2.05, 4.69) is 29.6 Å². The Bertz CT molecular complexity index is 650. The molecule has 1 aliphatic carbocycles. The lowest BCUT2D eigenvalue weighted by Crippen LogP contribution is -3.13. The van der Waals surface area contributed by atoms with Gasteiger partial charge < -0.3 is 10.2 Å². The summed E-state index contributed by atoms with van der Waals surface area (Å²) in [6, 6.07) is 8.30. The molecule has 5 heteroatoms. The Labute approximate surface area is 143 Å². The molecule has 0 aromatic heterocycles. The first-order chi connectivity index (χ1) is 11.7. The molecular formula is C19H26N3O2+. The van der Waals surface area contributed by atoms with E-state index in [1.54, 1.807) is 0 Å². The maximum absolute atomic E-state index is 13.0. The highest BCUT2D eigenvalue weighted by molar-refractivity contribution is 6.06. The first-order valence-corrected chi connectivity index (χ1v) is 9.22. The fourth-order valence-corrected chi connectivity index (χ4v) is 4.49. The minimum atomic E-state index is -0.610. The van der Waals surface area contributed by atoms with Crippen LogP contribution in [0.25, 0.3) is 0 Å². The van der Waals surface area contributed by atoms with Crippen LogP contribution in [0.2, 0.25) is 0 Å². The van der Waals surface area contributed by atoms with E-state index in [0.29, 0.717) is 6.67 Å². The lowest BCUT2D eigenvalue weighted by Gasteiger charge is -2.29. The highest BCUT2D eigenvalue weighted by Crippen LogP contribution is 2.32. The predicted octanol–water partition coefficient (Wildman–Crippen LogP) is 1.23. The Morgan fingerprint density at radius 3 is 2.50 bits per heavy atom. The van der Waals surface area contributed by atoms with Gasteiger partial charge in [0, 0.05) is 12.0 Å². The summed E-state index contributed by atoms with van der Waals surface area (Å²) in [5.74, 6) is 0.0146. The molecule has 0 bridgehead atoms. The smallest absolute Gasteiger partial charge is 0.323 e. The molecule has 2 heterocycles. The summed E-state index contributed by atoms with van der Waals surface area (Å²) < 4.78 is 0. The molecule has 2 N–H and O–H groups in total. The average molecular weight is 328 g/mol. The molecule has 2 fully saturated rings. The number of nitrogens with one attached hydrogen (secondary N) is 2. The van der Waals surface area contributed by atoms with E-state index >= 15 is 0 Å². The lowest BCUT2D eigenvalue weighted by atomic mass is 9.90. The zero-order valence-corrected chi connectivity index (χ0v) is 14.1. The summed E-state index contributed by atoms with van der Waals surface area (Å²) in [7, 11) is 0. The van der Waals surface area contributed by atoms with E-state index in [9.17, 15) is 9.59 Å². The third-order valence-electron chi connectivity index (χ3n) is 5.89. The van der Waals surface area contributed by atoms with E-state index in [0.717, 1.165) is 45.2 Å². The van der Waals surface area contributed by atoms with Gasteiger partial charge in [-0.2, -0.15) is 0 Å². The quantitative estimate of drug-likeness (QED) is 0.803. The number of urea groups is 1. The maximum Gasteiger partial charge on any atom is 0.329 e. The van der Waals surface area contributed by atoms with Gasteiger partial charge in [0.2, 0.25) is 0 Å². The second-order valence-electron chi connectivity index (χ2n) is 7.51. The number of carbonyl (C=O) groups excluding carboxylic acids is 2. The Morgan fingerprint density at radius 1 is 1.04 bits per heavy atom. The second-order valence-corrected chi connectivity index (χ2v) is 7.51. The van der Waals surface area contributed by atoms with E-state index in [1.807, 2.05) is 0 Å². The van der Waals surface area contributed by atoms with Crippen molar-refractivity contribution in [2.45, 2.75) is 57.0 Å². The topological polar surface area (TPSA) is 53.9 Å². The van der Waals surface area contributed by atoms with Crippen molar-refractivity contribution in [3.63, 3.8) is 0 Å². The number of nitrogens with zero attached hydrogens (tertiary/aromatic N) is 1. The largest absolute Gasteiger partial charge is 0.329 e. The first-order valence-electron chi connectivity index (χ1n) is 9.22. The molecule has 5 nitrogen and oxygen atoms in total. The van der Waals surface area contributed by atoms with E-state index in [4.69, 9.17) is 0 Å². The summed E-state index contributed by atoms with van der Waals surface area (Å²) in [5.41, 5.74) is 2.13. The number of hydrogen-bond donors (Lipinski definition) is 2. The molecule has 3 aliphatic rings. The maximum atomic E-state index is 13.0. The number of benzene rings is 1. The van der Waals surface area contributed by atoms with E-state index in [-0.39, 0.29) is 11.9 Å². The number of quaternary nitrogens is 1. The highest BCUT2D eigenvalue weighted by Gasteiger charge is 2.51. The lowest BCUT2D eigenvalue weighted by molar-refractivity contribution is -0.923. The number of hydrogen-bond acceptors (Lipinski definition) is 2. The van der Waals surface area contributed by atoms with Gasteiger partial charge in [0.25, 0.3) is 5.91 Å². The zero-order valence-electron chi connectivity index (χ0n) is 14.1. The normalized spacial score (nSPS) is 26.2. The highest BCUT2D eigenvalue weighted by atomic mass is 16.2. The van der Waals surface area contributed by atoms with E-state index < -0.39 is 5.54 Å². The third kappa shape index (κ3) is 2.71. The van der Waals surface area contributed by atoms with Gasteiger partial charge in [-0.3, -0.25) is 4.79 Å². The van der Waals surface area contributed by atoms with Crippen molar-refractivity contribution in [2.24, 2.45) is 0 Å². The van der Waals surface area contributed by atoms with Crippen LogP contribution < -0.4 is 10.2 Å². The van der Waals surface area contributed by atoms with Crippen LogP contribution >= 0.6 is 0 Å². The van der Waals surface area contributed by atoms with Crippen LogP contribution in [0.5, 0.6) is 0 Å². The van der Waals surface area contributed by atoms with Crippen molar-refractivity contribution in [2.75, 3.05) is 13.2 Å². The van der Waals surface area contributed by atoms with Crippen molar-refractivity contribution in [1.29, 1.82) is 0 Å². The van der Waals surface area contributed by atoms with Gasteiger partial charge in [-0.05, 0) is 18.4 Å². The fourth-order valence-electron chi connectivity index (χ4n) is 4.49. The minimum Gasteiger partial charge on any atom is -0.323 e. The fraction of sp³-hybridized carbons (Fsp3) is 0.579. The van der Waals surface area contributed by atoms with Gasteiger partial charge in [0.15, 0.2) is 6.67 Å². The van der Waals surface area contributed by atoms with Crippen LogP contribution in [-0.2, 0) is 17.8 Å². The molecule has 1 aromatic rings. The van der Waals surface area contributed by atoms with Crippen molar-refractivity contribution >= 4 is 11.9 Å². The molecule has 0 radical (unpaired) electrons. The molecule has 4 rings (SSSR count). The van der Waals surface area contributed by atoms with Crippen molar-refractivity contribution in [3.05, 3.63) is 35.4 Å². The Hall–Kier alpha value is -1.88. The van der Waals surface area contributed by atoms with Crippen LogP contribution in [0.3, 0.4) is 0 Å². The number of amides is 3. The number of rotatable bonds is 2.